The Balaban J connectivity index is 3.18. The van der Waals surface area contributed by atoms with Crippen LogP contribution in [-0.2, 0) is 6.42 Å². The lowest BCUT2D eigenvalue weighted by Crippen LogP contribution is -1.90. The number of rotatable bonds is 3. The molecule has 1 aromatic carbocycles. The number of nitriles is 1. The van der Waals surface area contributed by atoms with Gasteiger partial charge in [-0.15, -0.1) is 11.8 Å². The minimum absolute atomic E-state index is 0.372. The summed E-state index contributed by atoms with van der Waals surface area (Å²) in [5, 5.41) is 9.13. The number of hydrogen-bond donors (Lipinski definition) is 0. The van der Waals surface area contributed by atoms with Crippen LogP contribution in [-0.4, -0.2) is 13.4 Å². The summed E-state index contributed by atoms with van der Waals surface area (Å²) in [5.41, 5.74) is 0.919. The minimum Gasteiger partial charge on any atom is -0.494 e. The summed E-state index contributed by atoms with van der Waals surface area (Å²) >= 11 is 7.56. The Morgan fingerprint density at radius 2 is 2.29 bits per heavy atom. The Labute approximate surface area is 92.8 Å². The monoisotopic (exact) mass is 227 g/mol. The first-order chi connectivity index (χ1) is 6.72. The van der Waals surface area contributed by atoms with E-state index < -0.39 is 0 Å². The van der Waals surface area contributed by atoms with Gasteiger partial charge in [0.25, 0.3) is 0 Å². The fourth-order valence-electron chi connectivity index (χ4n) is 1.16. The Bertz CT molecular complexity index is 373. The molecule has 0 N–H and O–H groups in total. The van der Waals surface area contributed by atoms with Gasteiger partial charge in [0.15, 0.2) is 5.75 Å². The van der Waals surface area contributed by atoms with Gasteiger partial charge in [-0.05, 0) is 24.0 Å². The van der Waals surface area contributed by atoms with E-state index in [1.54, 1.807) is 24.9 Å². The van der Waals surface area contributed by atoms with Crippen LogP contribution in [0.15, 0.2) is 17.0 Å². The lowest BCUT2D eigenvalue weighted by molar-refractivity contribution is 0.405. The van der Waals surface area contributed by atoms with Crippen LogP contribution in [0.3, 0.4) is 0 Å². The molecule has 0 spiro atoms. The van der Waals surface area contributed by atoms with Gasteiger partial charge in [-0.1, -0.05) is 11.6 Å². The molecule has 0 saturated carbocycles. The lowest BCUT2D eigenvalue weighted by Gasteiger charge is -2.09. The standard InChI is InChI=1S/C10H10ClNOS/c1-13-10-8(11)5-7(3-4-12)6-9(10)14-2/h5-6H,3H2,1-2H3. The van der Waals surface area contributed by atoms with Crippen molar-refractivity contribution in [1.82, 2.24) is 0 Å². The van der Waals surface area contributed by atoms with E-state index in [1.165, 1.54) is 0 Å². The number of benzene rings is 1. The summed E-state index contributed by atoms with van der Waals surface area (Å²) in [6, 6.07) is 5.79. The number of hydrogen-bond acceptors (Lipinski definition) is 3. The van der Waals surface area contributed by atoms with E-state index in [4.69, 9.17) is 21.6 Å². The quantitative estimate of drug-likeness (QED) is 0.744. The number of ether oxygens (including phenoxy) is 1. The normalized spacial score (nSPS) is 9.57. The minimum atomic E-state index is 0.372. The van der Waals surface area contributed by atoms with E-state index in [-0.39, 0.29) is 0 Å². The number of thioether (sulfide) groups is 1. The zero-order valence-corrected chi connectivity index (χ0v) is 9.58. The van der Waals surface area contributed by atoms with E-state index in [0.29, 0.717) is 17.2 Å². The van der Waals surface area contributed by atoms with E-state index in [9.17, 15) is 0 Å². The van der Waals surface area contributed by atoms with Crippen molar-refractivity contribution in [3.8, 4) is 11.8 Å². The molecule has 0 amide bonds. The van der Waals surface area contributed by atoms with Gasteiger partial charge in [-0.3, -0.25) is 0 Å². The van der Waals surface area contributed by atoms with Crippen molar-refractivity contribution in [3.63, 3.8) is 0 Å². The fraction of sp³-hybridized carbons (Fsp3) is 0.300. The van der Waals surface area contributed by atoms with Crippen LogP contribution >= 0.6 is 23.4 Å². The topological polar surface area (TPSA) is 33.0 Å². The van der Waals surface area contributed by atoms with E-state index in [0.717, 1.165) is 10.5 Å². The largest absolute Gasteiger partial charge is 0.494 e. The third-order valence-electron chi connectivity index (χ3n) is 1.78. The summed E-state index contributed by atoms with van der Waals surface area (Å²) in [6.45, 7) is 0. The van der Waals surface area contributed by atoms with Gasteiger partial charge in [0.1, 0.15) is 0 Å². The van der Waals surface area contributed by atoms with Crippen molar-refractivity contribution < 1.29 is 4.74 Å². The second-order valence-electron chi connectivity index (χ2n) is 2.65. The van der Waals surface area contributed by atoms with Crippen LogP contribution in [0, 0.1) is 11.3 Å². The maximum absolute atomic E-state index is 8.57. The zero-order valence-electron chi connectivity index (χ0n) is 8.00. The van der Waals surface area contributed by atoms with Crippen molar-refractivity contribution >= 4 is 23.4 Å². The first kappa shape index (κ1) is 11.2. The van der Waals surface area contributed by atoms with Gasteiger partial charge in [-0.2, -0.15) is 5.26 Å². The van der Waals surface area contributed by atoms with Crippen LogP contribution in [0.25, 0.3) is 0 Å². The molecular formula is C10H10ClNOS. The highest BCUT2D eigenvalue weighted by atomic mass is 35.5. The van der Waals surface area contributed by atoms with Crippen molar-refractivity contribution in [1.29, 1.82) is 5.26 Å². The molecule has 4 heteroatoms. The number of nitrogens with zero attached hydrogens (tertiary/aromatic N) is 1. The zero-order chi connectivity index (χ0) is 10.6. The molecule has 0 aliphatic heterocycles. The summed E-state index contributed by atoms with van der Waals surface area (Å²) in [6.07, 6.45) is 2.32. The van der Waals surface area contributed by atoms with Gasteiger partial charge in [-0.25, -0.2) is 0 Å². The summed E-state index contributed by atoms with van der Waals surface area (Å²) in [4.78, 5) is 0.963. The molecule has 74 valence electrons. The third-order valence-corrected chi connectivity index (χ3v) is 2.80. The Kier molecular flexibility index (Phi) is 4.12. The van der Waals surface area contributed by atoms with E-state index >= 15 is 0 Å². The van der Waals surface area contributed by atoms with Crippen molar-refractivity contribution in [3.05, 3.63) is 22.7 Å². The van der Waals surface area contributed by atoms with Crippen molar-refractivity contribution in [2.24, 2.45) is 0 Å². The molecule has 0 aliphatic carbocycles. The molecule has 0 bridgehead atoms. The van der Waals surface area contributed by atoms with Crippen molar-refractivity contribution in [2.75, 3.05) is 13.4 Å². The molecule has 0 aromatic heterocycles. The van der Waals surface area contributed by atoms with Gasteiger partial charge < -0.3 is 4.74 Å². The van der Waals surface area contributed by atoms with Crippen LogP contribution in [0.1, 0.15) is 5.56 Å². The maximum atomic E-state index is 8.57. The molecule has 0 fully saturated rings. The second kappa shape index (κ2) is 5.14. The molecule has 0 radical (unpaired) electrons. The van der Waals surface area contributed by atoms with Crippen molar-refractivity contribution in [2.45, 2.75) is 11.3 Å². The first-order valence-electron chi connectivity index (χ1n) is 4.00. The van der Waals surface area contributed by atoms with E-state index in [1.807, 2.05) is 12.3 Å². The summed E-state index contributed by atoms with van der Waals surface area (Å²) in [5.74, 6) is 0.681. The molecule has 14 heavy (non-hydrogen) atoms. The Morgan fingerprint density at radius 1 is 1.57 bits per heavy atom. The SMILES string of the molecule is COc1c(Cl)cc(CC#N)cc1SC. The first-order valence-corrected chi connectivity index (χ1v) is 5.60. The fourth-order valence-corrected chi connectivity index (χ4v) is 2.19. The molecule has 0 aliphatic rings. The predicted molar refractivity (Wildman–Crippen MR) is 59.1 cm³/mol. The molecule has 1 rings (SSSR count). The molecule has 2 nitrogen and oxygen atoms in total. The molecule has 0 heterocycles. The van der Waals surface area contributed by atoms with Gasteiger partial charge in [0.05, 0.1) is 29.5 Å². The molecule has 0 unspecified atom stereocenters. The summed E-state index contributed by atoms with van der Waals surface area (Å²) in [7, 11) is 1.59. The average Bonchev–Trinajstić information content (AvgIpc) is 2.17. The molecule has 0 atom stereocenters. The molecular weight excluding hydrogens is 218 g/mol. The van der Waals surface area contributed by atoms with Crippen LogP contribution in [0.4, 0.5) is 0 Å². The smallest absolute Gasteiger partial charge is 0.150 e. The number of halogens is 1. The molecule has 0 saturated heterocycles. The number of methoxy groups -OCH3 is 1. The highest BCUT2D eigenvalue weighted by Crippen LogP contribution is 2.35. The summed E-state index contributed by atoms with van der Waals surface area (Å²) < 4.78 is 5.16. The van der Waals surface area contributed by atoms with Gasteiger partial charge in [0.2, 0.25) is 0 Å². The highest BCUT2D eigenvalue weighted by molar-refractivity contribution is 7.98. The van der Waals surface area contributed by atoms with Crippen LogP contribution in [0.2, 0.25) is 5.02 Å². The maximum Gasteiger partial charge on any atom is 0.150 e. The third kappa shape index (κ3) is 2.34. The highest BCUT2D eigenvalue weighted by Gasteiger charge is 2.08. The Morgan fingerprint density at radius 3 is 2.79 bits per heavy atom. The van der Waals surface area contributed by atoms with Gasteiger partial charge >= 0.3 is 0 Å². The predicted octanol–water partition coefficient (Wildman–Crippen LogP) is 3.14. The average molecular weight is 228 g/mol. The second-order valence-corrected chi connectivity index (χ2v) is 3.90. The van der Waals surface area contributed by atoms with Gasteiger partial charge in [0, 0.05) is 0 Å². The van der Waals surface area contributed by atoms with E-state index in [2.05, 4.69) is 6.07 Å². The molecule has 1 aromatic rings. The Hall–Kier alpha value is -0.850. The lowest BCUT2D eigenvalue weighted by atomic mass is 10.1. The van der Waals surface area contributed by atoms with Crippen LogP contribution in [0.5, 0.6) is 5.75 Å². The van der Waals surface area contributed by atoms with Crippen LogP contribution < -0.4 is 4.74 Å².